The Hall–Kier alpha value is -4.05. The highest BCUT2D eigenvalue weighted by Gasteiger charge is 2.44. The summed E-state index contributed by atoms with van der Waals surface area (Å²) in [6.07, 6.45) is -4.25. The number of aromatic nitrogens is 2. The first-order chi connectivity index (χ1) is 23.3. The van der Waals surface area contributed by atoms with Crippen molar-refractivity contribution in [2.75, 3.05) is 6.61 Å². The van der Waals surface area contributed by atoms with Gasteiger partial charge in [0.25, 0.3) is 5.56 Å². The van der Waals surface area contributed by atoms with Gasteiger partial charge in [0.1, 0.15) is 41.9 Å². The Bertz CT molecular complexity index is 1640. The molecule has 50 heavy (non-hydrogen) atoms. The van der Waals surface area contributed by atoms with E-state index in [0.717, 1.165) is 4.57 Å². The zero-order chi connectivity index (χ0) is 37.4. The number of aromatic amines is 1. The number of ether oxygens (including phenoxy) is 4. The van der Waals surface area contributed by atoms with Crippen LogP contribution in [0.4, 0.5) is 9.18 Å². The average Bonchev–Trinajstić information content (AvgIpc) is 3.41. The fourth-order valence-electron chi connectivity index (χ4n) is 4.65. The van der Waals surface area contributed by atoms with Gasteiger partial charge in [-0.25, -0.2) is 18.9 Å². The van der Waals surface area contributed by atoms with E-state index < -0.39 is 97.6 Å². The Morgan fingerprint density at radius 1 is 1.10 bits per heavy atom. The number of H-pyrrole nitrogens is 1. The molecule has 7 atom stereocenters. The molecule has 1 fully saturated rings. The van der Waals surface area contributed by atoms with E-state index in [0.29, 0.717) is 12.6 Å². The van der Waals surface area contributed by atoms with Crippen LogP contribution in [0.25, 0.3) is 0 Å². The quantitative estimate of drug-likeness (QED) is 0.135. The van der Waals surface area contributed by atoms with E-state index in [1.54, 1.807) is 66.7 Å². The van der Waals surface area contributed by atoms with Crippen molar-refractivity contribution in [1.82, 2.24) is 20.0 Å². The maximum atomic E-state index is 14.2. The lowest BCUT2D eigenvalue weighted by molar-refractivity contribution is -0.157. The van der Waals surface area contributed by atoms with Crippen LogP contribution >= 0.6 is 7.75 Å². The predicted molar refractivity (Wildman–Crippen MR) is 177 cm³/mol. The molecule has 3 N–H and O–H groups in total. The molecule has 1 unspecified atom stereocenters. The maximum Gasteiger partial charge on any atom is 0.459 e. The second-order valence-electron chi connectivity index (χ2n) is 13.0. The molecule has 1 aromatic carbocycles. The summed E-state index contributed by atoms with van der Waals surface area (Å²) >= 11 is 0. The van der Waals surface area contributed by atoms with Gasteiger partial charge in [-0.3, -0.25) is 23.7 Å². The molecule has 1 aliphatic rings. The molecule has 1 saturated heterocycles. The highest BCUT2D eigenvalue weighted by Crippen LogP contribution is 2.46. The Morgan fingerprint density at radius 3 is 2.36 bits per heavy atom. The van der Waals surface area contributed by atoms with Crippen molar-refractivity contribution in [3.63, 3.8) is 0 Å². The van der Waals surface area contributed by atoms with E-state index in [-0.39, 0.29) is 12.2 Å². The van der Waals surface area contributed by atoms with E-state index in [4.69, 9.17) is 28.0 Å². The van der Waals surface area contributed by atoms with Crippen LogP contribution in [0, 0.1) is 11.7 Å². The maximum absolute atomic E-state index is 14.2. The zero-order valence-electron chi connectivity index (χ0n) is 29.3. The molecule has 0 spiro atoms. The van der Waals surface area contributed by atoms with Crippen LogP contribution in [0.15, 0.2) is 46.1 Å². The molecular weight excluding hydrogens is 682 g/mol. The van der Waals surface area contributed by atoms with E-state index in [1.807, 2.05) is 4.98 Å². The fourth-order valence-corrected chi connectivity index (χ4v) is 6.15. The highest BCUT2D eigenvalue weighted by atomic mass is 31.2. The van der Waals surface area contributed by atoms with Crippen molar-refractivity contribution in [3.05, 3.63) is 63.2 Å². The molecule has 278 valence electrons. The molecule has 0 saturated carbocycles. The Balaban J connectivity index is 1.92. The summed E-state index contributed by atoms with van der Waals surface area (Å²) in [5, 5.41) is 5.08. The number of carbonyl (C=O) groups is 3. The Labute approximate surface area is 288 Å². The third-order valence-corrected chi connectivity index (χ3v) is 8.90. The molecule has 0 aliphatic carbocycles. The van der Waals surface area contributed by atoms with Crippen molar-refractivity contribution < 1.29 is 51.3 Å². The first-order valence-electron chi connectivity index (χ1n) is 16.1. The van der Waals surface area contributed by atoms with Crippen molar-refractivity contribution in [3.8, 4) is 5.75 Å². The normalized spacial score (nSPS) is 20.6. The van der Waals surface area contributed by atoms with E-state index in [2.05, 4.69) is 10.4 Å². The number of amides is 1. The number of carbonyl (C=O) groups excluding carboxylic acids is 3. The molecule has 0 radical (unpaired) electrons. The number of rotatable bonds is 15. The van der Waals surface area contributed by atoms with Crippen LogP contribution < -0.4 is 26.2 Å². The summed E-state index contributed by atoms with van der Waals surface area (Å²) < 4.78 is 62.8. The molecule has 1 amide bonds. The van der Waals surface area contributed by atoms with Gasteiger partial charge in [0.05, 0.1) is 18.9 Å². The topological polar surface area (TPSA) is 203 Å². The molecule has 0 bridgehead atoms. The number of para-hydroxylation sites is 1. The van der Waals surface area contributed by atoms with Gasteiger partial charge in [-0.05, 0) is 59.6 Å². The number of halogens is 1. The van der Waals surface area contributed by atoms with Crippen LogP contribution in [0.3, 0.4) is 0 Å². The minimum absolute atomic E-state index is 0.126. The van der Waals surface area contributed by atoms with Crippen molar-refractivity contribution in [2.24, 2.45) is 5.92 Å². The lowest BCUT2D eigenvalue weighted by atomic mass is 9.99. The first kappa shape index (κ1) is 40.4. The summed E-state index contributed by atoms with van der Waals surface area (Å²) in [5.74, 6) is -3.18. The average molecular weight is 729 g/mol. The number of hydrogen-bond acceptors (Lipinski definition) is 12. The van der Waals surface area contributed by atoms with Crippen LogP contribution in [0.1, 0.15) is 74.5 Å². The van der Waals surface area contributed by atoms with Gasteiger partial charge in [-0.1, -0.05) is 38.5 Å². The number of hydrogen-bond donors (Lipinski definition) is 3. The number of benzene rings is 1. The zero-order valence-corrected chi connectivity index (χ0v) is 30.2. The van der Waals surface area contributed by atoms with Crippen LogP contribution in [-0.2, 0) is 37.6 Å². The molecule has 2 aromatic rings. The third-order valence-electron chi connectivity index (χ3n) is 7.26. The third kappa shape index (κ3) is 11.8. The molecule has 3 rings (SSSR count). The smallest absolute Gasteiger partial charge is 0.459 e. The molecule has 18 heteroatoms. The molecule has 1 aliphatic heterocycles. The summed E-state index contributed by atoms with van der Waals surface area (Å²) in [6, 6.07) is 5.61. The largest absolute Gasteiger partial charge is 0.462 e. The predicted octanol–water partition coefficient (Wildman–Crippen LogP) is 3.95. The number of alkyl carbamates (subject to hydrolysis) is 1. The van der Waals surface area contributed by atoms with Gasteiger partial charge < -0.3 is 28.8 Å². The molecule has 1 aromatic heterocycles. The van der Waals surface area contributed by atoms with Gasteiger partial charge in [0, 0.05) is 6.42 Å². The summed E-state index contributed by atoms with van der Waals surface area (Å²) in [4.78, 5) is 64.9. The second-order valence-corrected chi connectivity index (χ2v) is 14.7. The highest BCUT2D eigenvalue weighted by molar-refractivity contribution is 7.52. The molecule has 2 heterocycles. The van der Waals surface area contributed by atoms with Crippen LogP contribution in [-0.4, -0.2) is 70.2 Å². The lowest BCUT2D eigenvalue weighted by Crippen LogP contribution is -2.49. The first-order valence-corrected chi connectivity index (χ1v) is 17.7. The van der Waals surface area contributed by atoms with Crippen molar-refractivity contribution in [1.29, 1.82) is 0 Å². The molecular formula is C32H46FN4O12P. The fraction of sp³-hybridized carbons (Fsp3) is 0.594. The van der Waals surface area contributed by atoms with Gasteiger partial charge in [0.15, 0.2) is 0 Å². The van der Waals surface area contributed by atoms with E-state index in [9.17, 15) is 32.9 Å². The Kier molecular flexibility index (Phi) is 13.9. The number of nitrogens with zero attached hydrogens (tertiary/aromatic N) is 1. The van der Waals surface area contributed by atoms with Gasteiger partial charge >= 0.3 is 31.5 Å². The van der Waals surface area contributed by atoms with E-state index >= 15 is 0 Å². The standard InChI is InChI=1S/C32H46FN4O12P/c1-9-19(4)26(34-31(42)48-32(6,7)8)29(40)47-23-15-25(37-16-22(33)27(38)35-30(37)41)46-24(23)17-44-50(43,49-21-13-11-10-12-14-21)36-20(5)28(39)45-18(2)3/h10-14,16,18-20,23-26H,9,15,17H2,1-8H3,(H,34,42)(H,36,43)(H,35,38,41)/t19?,20-,23-,24+,25+,26-,50-/m0/s1. The Morgan fingerprint density at radius 2 is 1.76 bits per heavy atom. The SMILES string of the molecule is CCC(C)[C@H](NC(=O)OC(C)(C)C)C(=O)O[C@H]1C[C@H](n2cc(F)c(=O)[nH]c2=O)O[C@@H]1CO[P@@](=O)(N[C@@H](C)C(=O)OC(C)C)Oc1ccccc1. The van der Waals surface area contributed by atoms with Gasteiger partial charge in [0.2, 0.25) is 5.82 Å². The second kappa shape index (κ2) is 17.2. The summed E-state index contributed by atoms with van der Waals surface area (Å²) in [7, 11) is -4.42. The van der Waals surface area contributed by atoms with E-state index in [1.165, 1.54) is 19.1 Å². The minimum atomic E-state index is -4.42. The van der Waals surface area contributed by atoms with Crippen LogP contribution in [0.5, 0.6) is 5.75 Å². The van der Waals surface area contributed by atoms with Crippen LogP contribution in [0.2, 0.25) is 0 Å². The number of nitrogens with one attached hydrogen (secondary N) is 3. The lowest BCUT2D eigenvalue weighted by Gasteiger charge is -2.28. The van der Waals surface area contributed by atoms with Crippen molar-refractivity contribution in [2.45, 2.75) is 110 Å². The minimum Gasteiger partial charge on any atom is -0.462 e. The summed E-state index contributed by atoms with van der Waals surface area (Å²) in [6.45, 7) is 12.6. The van der Waals surface area contributed by atoms with Crippen molar-refractivity contribution >= 4 is 25.8 Å². The number of esters is 2. The van der Waals surface area contributed by atoms with Gasteiger partial charge in [-0.15, -0.1) is 0 Å². The van der Waals surface area contributed by atoms with Gasteiger partial charge in [-0.2, -0.15) is 9.48 Å². The monoisotopic (exact) mass is 728 g/mol. The summed E-state index contributed by atoms with van der Waals surface area (Å²) in [5.41, 5.74) is -3.10. The molecule has 16 nitrogen and oxygen atoms in total.